The second-order valence-electron chi connectivity index (χ2n) is 5.08. The zero-order valence-electron chi connectivity index (χ0n) is 11.2. The van der Waals surface area contributed by atoms with Gasteiger partial charge in [-0.05, 0) is 30.5 Å². The highest BCUT2D eigenvalue weighted by Gasteiger charge is 2.31. The lowest BCUT2D eigenvalue weighted by Crippen LogP contribution is -2.27. The van der Waals surface area contributed by atoms with E-state index in [9.17, 15) is 4.79 Å². The number of ether oxygens (including phenoxy) is 1. The number of benzene rings is 1. The molecule has 1 fully saturated rings. The molecule has 1 aromatic carbocycles. The molecule has 0 spiro atoms. The first-order valence-corrected chi connectivity index (χ1v) is 7.07. The lowest BCUT2D eigenvalue weighted by molar-refractivity contribution is -0.134. The van der Waals surface area contributed by atoms with Crippen molar-refractivity contribution in [3.63, 3.8) is 0 Å². The van der Waals surface area contributed by atoms with Gasteiger partial charge in [0, 0.05) is 16.5 Å². The molecule has 0 N–H and O–H groups in total. The van der Waals surface area contributed by atoms with E-state index in [0.29, 0.717) is 0 Å². The fourth-order valence-electron chi connectivity index (χ4n) is 2.81. The van der Waals surface area contributed by atoms with E-state index in [0.717, 1.165) is 17.9 Å². The normalized spacial score (nSPS) is 18.4. The molecule has 0 aromatic heterocycles. The summed E-state index contributed by atoms with van der Waals surface area (Å²) in [6, 6.07) is 7.96. The SMILES string of the molecule is COC(=O)/C=C/C1(c2ccc(Cl)cc2)CCCCC1. The minimum Gasteiger partial charge on any atom is -0.466 e. The molecule has 102 valence electrons. The summed E-state index contributed by atoms with van der Waals surface area (Å²) in [4.78, 5) is 11.4. The summed E-state index contributed by atoms with van der Waals surface area (Å²) in [5, 5.41) is 0.742. The summed E-state index contributed by atoms with van der Waals surface area (Å²) in [5.74, 6) is -0.293. The first kappa shape index (κ1) is 14.1. The number of rotatable bonds is 3. The quantitative estimate of drug-likeness (QED) is 0.610. The lowest BCUT2D eigenvalue weighted by Gasteiger charge is -2.35. The molecular formula is C16H19ClO2. The molecule has 0 bridgehead atoms. The Bertz CT molecular complexity index is 456. The minimum atomic E-state index is -0.293. The van der Waals surface area contributed by atoms with Gasteiger partial charge in [0.05, 0.1) is 7.11 Å². The fourth-order valence-corrected chi connectivity index (χ4v) is 2.94. The van der Waals surface area contributed by atoms with Crippen LogP contribution in [0, 0.1) is 0 Å². The molecule has 3 heteroatoms. The van der Waals surface area contributed by atoms with Crippen molar-refractivity contribution in [3.05, 3.63) is 47.0 Å². The van der Waals surface area contributed by atoms with Crippen LogP contribution in [0.3, 0.4) is 0 Å². The molecule has 0 atom stereocenters. The molecule has 0 aliphatic heterocycles. The van der Waals surface area contributed by atoms with E-state index in [2.05, 4.69) is 12.1 Å². The van der Waals surface area contributed by atoms with Crippen molar-refractivity contribution in [2.45, 2.75) is 37.5 Å². The van der Waals surface area contributed by atoms with Gasteiger partial charge in [-0.2, -0.15) is 0 Å². The molecule has 1 saturated carbocycles. The largest absolute Gasteiger partial charge is 0.466 e. The summed E-state index contributed by atoms with van der Waals surface area (Å²) in [6.45, 7) is 0. The second kappa shape index (κ2) is 6.25. The zero-order valence-corrected chi connectivity index (χ0v) is 12.0. The Balaban J connectivity index is 2.31. The van der Waals surface area contributed by atoms with E-state index in [1.165, 1.54) is 31.9 Å². The number of carbonyl (C=O) groups is 1. The number of halogens is 1. The number of esters is 1. The van der Waals surface area contributed by atoms with E-state index in [1.54, 1.807) is 6.08 Å². The van der Waals surface area contributed by atoms with Crippen LogP contribution in [0.4, 0.5) is 0 Å². The van der Waals surface area contributed by atoms with Crippen molar-refractivity contribution in [3.8, 4) is 0 Å². The maximum Gasteiger partial charge on any atom is 0.330 e. The van der Waals surface area contributed by atoms with Gasteiger partial charge >= 0.3 is 5.97 Å². The maximum absolute atomic E-state index is 11.4. The smallest absolute Gasteiger partial charge is 0.330 e. The van der Waals surface area contributed by atoms with Crippen molar-refractivity contribution in [2.24, 2.45) is 0 Å². The molecule has 0 unspecified atom stereocenters. The highest BCUT2D eigenvalue weighted by atomic mass is 35.5. The van der Waals surface area contributed by atoms with Crippen LogP contribution in [0.5, 0.6) is 0 Å². The van der Waals surface area contributed by atoms with Crippen molar-refractivity contribution < 1.29 is 9.53 Å². The Hall–Kier alpha value is -1.28. The number of methoxy groups -OCH3 is 1. The van der Waals surface area contributed by atoms with Crippen LogP contribution >= 0.6 is 11.6 Å². The third kappa shape index (κ3) is 3.38. The molecule has 1 aromatic rings. The van der Waals surface area contributed by atoms with Crippen LogP contribution in [0.1, 0.15) is 37.7 Å². The van der Waals surface area contributed by atoms with Gasteiger partial charge in [-0.3, -0.25) is 0 Å². The van der Waals surface area contributed by atoms with Crippen molar-refractivity contribution >= 4 is 17.6 Å². The zero-order chi connectivity index (χ0) is 13.7. The Morgan fingerprint density at radius 3 is 2.42 bits per heavy atom. The molecule has 1 aliphatic rings. The Morgan fingerprint density at radius 1 is 1.21 bits per heavy atom. The molecule has 2 rings (SSSR count). The predicted molar refractivity (Wildman–Crippen MR) is 77.4 cm³/mol. The van der Waals surface area contributed by atoms with Crippen LogP contribution in [0.15, 0.2) is 36.4 Å². The fraction of sp³-hybridized carbons (Fsp3) is 0.438. The Labute approximate surface area is 119 Å². The van der Waals surface area contributed by atoms with Gasteiger partial charge in [0.1, 0.15) is 0 Å². The van der Waals surface area contributed by atoms with Gasteiger partial charge in [-0.15, -0.1) is 0 Å². The molecule has 0 heterocycles. The summed E-state index contributed by atoms with van der Waals surface area (Å²) < 4.78 is 4.69. The lowest BCUT2D eigenvalue weighted by atomic mass is 9.69. The van der Waals surface area contributed by atoms with E-state index in [4.69, 9.17) is 16.3 Å². The van der Waals surface area contributed by atoms with Crippen LogP contribution in [-0.2, 0) is 14.9 Å². The summed E-state index contributed by atoms with van der Waals surface area (Å²) in [5.41, 5.74) is 1.19. The molecule has 0 saturated heterocycles. The van der Waals surface area contributed by atoms with Gasteiger partial charge in [0.15, 0.2) is 0 Å². The van der Waals surface area contributed by atoms with Crippen molar-refractivity contribution in [1.29, 1.82) is 0 Å². The predicted octanol–water partition coefficient (Wildman–Crippen LogP) is 4.27. The molecule has 1 aliphatic carbocycles. The second-order valence-corrected chi connectivity index (χ2v) is 5.52. The van der Waals surface area contributed by atoms with Crippen LogP contribution in [0.2, 0.25) is 5.02 Å². The maximum atomic E-state index is 11.4. The standard InChI is InChI=1S/C16H19ClO2/c1-19-15(18)9-12-16(10-3-2-4-11-16)13-5-7-14(17)8-6-13/h5-9,12H,2-4,10-11H2,1H3/b12-9+. The third-order valence-electron chi connectivity index (χ3n) is 3.90. The number of hydrogen-bond acceptors (Lipinski definition) is 2. The van der Waals surface area contributed by atoms with Gasteiger partial charge in [0.2, 0.25) is 0 Å². The van der Waals surface area contributed by atoms with Crippen molar-refractivity contribution in [2.75, 3.05) is 7.11 Å². The summed E-state index contributed by atoms with van der Waals surface area (Å²) >= 11 is 5.95. The molecular weight excluding hydrogens is 260 g/mol. The van der Waals surface area contributed by atoms with Gasteiger partial charge in [0.25, 0.3) is 0 Å². The van der Waals surface area contributed by atoms with E-state index in [-0.39, 0.29) is 11.4 Å². The highest BCUT2D eigenvalue weighted by Crippen LogP contribution is 2.41. The summed E-state index contributed by atoms with van der Waals surface area (Å²) in [6.07, 6.45) is 9.36. The monoisotopic (exact) mass is 278 g/mol. The first-order valence-electron chi connectivity index (χ1n) is 6.69. The van der Waals surface area contributed by atoms with Crippen LogP contribution in [0.25, 0.3) is 0 Å². The molecule has 19 heavy (non-hydrogen) atoms. The third-order valence-corrected chi connectivity index (χ3v) is 4.16. The highest BCUT2D eigenvalue weighted by molar-refractivity contribution is 6.30. The number of hydrogen-bond donors (Lipinski definition) is 0. The van der Waals surface area contributed by atoms with Crippen LogP contribution in [-0.4, -0.2) is 13.1 Å². The van der Waals surface area contributed by atoms with E-state index >= 15 is 0 Å². The molecule has 2 nitrogen and oxygen atoms in total. The Kier molecular flexibility index (Phi) is 4.65. The van der Waals surface area contributed by atoms with Gasteiger partial charge in [-0.25, -0.2) is 4.79 Å². The van der Waals surface area contributed by atoms with E-state index < -0.39 is 0 Å². The minimum absolute atomic E-state index is 0.0446. The molecule has 0 amide bonds. The van der Waals surface area contributed by atoms with E-state index in [1.807, 2.05) is 18.2 Å². The Morgan fingerprint density at radius 2 is 1.84 bits per heavy atom. The molecule has 0 radical (unpaired) electrons. The van der Waals surface area contributed by atoms with Crippen LogP contribution < -0.4 is 0 Å². The number of allylic oxidation sites excluding steroid dienone is 1. The topological polar surface area (TPSA) is 26.3 Å². The summed E-state index contributed by atoms with van der Waals surface area (Å²) in [7, 11) is 1.41. The van der Waals surface area contributed by atoms with Gasteiger partial charge < -0.3 is 4.74 Å². The van der Waals surface area contributed by atoms with Gasteiger partial charge in [-0.1, -0.05) is 49.1 Å². The average molecular weight is 279 g/mol. The number of carbonyl (C=O) groups excluding carboxylic acids is 1. The van der Waals surface area contributed by atoms with Crippen molar-refractivity contribution in [1.82, 2.24) is 0 Å². The average Bonchev–Trinajstić information content (AvgIpc) is 2.46. The first-order chi connectivity index (χ1) is 9.16.